The summed E-state index contributed by atoms with van der Waals surface area (Å²) in [4.78, 5) is 21.0. The van der Waals surface area contributed by atoms with Gasteiger partial charge in [0, 0.05) is 23.8 Å². The fourth-order valence-electron chi connectivity index (χ4n) is 3.03. The summed E-state index contributed by atoms with van der Waals surface area (Å²) in [6, 6.07) is 7.51. The highest BCUT2D eigenvalue weighted by Gasteiger charge is 2.23. The lowest BCUT2D eigenvalue weighted by molar-refractivity contribution is 0.0920. The second kappa shape index (κ2) is 8.33. The summed E-state index contributed by atoms with van der Waals surface area (Å²) in [6.07, 6.45) is 5.10. The highest BCUT2D eigenvalue weighted by molar-refractivity contribution is 6.33. The minimum atomic E-state index is -0.315. The summed E-state index contributed by atoms with van der Waals surface area (Å²) in [5.74, 6) is 0.675. The Balaban J connectivity index is 1.73. The molecule has 1 amide bonds. The Kier molecular flexibility index (Phi) is 5.90. The van der Waals surface area contributed by atoms with Gasteiger partial charge in [-0.3, -0.25) is 4.79 Å². The predicted molar refractivity (Wildman–Crippen MR) is 101 cm³/mol. The van der Waals surface area contributed by atoms with E-state index >= 15 is 0 Å². The van der Waals surface area contributed by atoms with Crippen LogP contribution in [0.2, 0.25) is 5.02 Å². The van der Waals surface area contributed by atoms with Crippen LogP contribution in [0, 0.1) is 0 Å². The first kappa shape index (κ1) is 18.4. The van der Waals surface area contributed by atoms with Crippen molar-refractivity contribution in [2.24, 2.45) is 5.73 Å². The van der Waals surface area contributed by atoms with Crippen molar-refractivity contribution < 1.29 is 9.53 Å². The predicted octanol–water partition coefficient (Wildman–Crippen LogP) is 2.88. The van der Waals surface area contributed by atoms with Crippen LogP contribution in [-0.2, 0) is 0 Å². The third-order valence-electron chi connectivity index (χ3n) is 4.34. The number of halogens is 1. The Morgan fingerprint density at radius 2 is 2.23 bits per heavy atom. The van der Waals surface area contributed by atoms with E-state index in [4.69, 9.17) is 22.1 Å². The van der Waals surface area contributed by atoms with Crippen molar-refractivity contribution in [1.29, 1.82) is 0 Å². The molecule has 0 aliphatic heterocycles. The Morgan fingerprint density at radius 3 is 3.00 bits per heavy atom. The van der Waals surface area contributed by atoms with E-state index in [-0.39, 0.29) is 34.7 Å². The SMILES string of the molecule is COc1cccc(Nc2ncc(Cl)c(C(=O)NC3CCCC(N)C3)n2)c1. The van der Waals surface area contributed by atoms with E-state index in [2.05, 4.69) is 20.6 Å². The Bertz CT molecular complexity index is 786. The number of nitrogens with one attached hydrogen (secondary N) is 2. The highest BCUT2D eigenvalue weighted by Crippen LogP contribution is 2.22. The number of hydrogen-bond donors (Lipinski definition) is 3. The molecule has 0 spiro atoms. The molecule has 0 radical (unpaired) electrons. The largest absolute Gasteiger partial charge is 0.497 e. The molecule has 138 valence electrons. The average molecular weight is 376 g/mol. The molecule has 1 aromatic heterocycles. The molecule has 1 heterocycles. The maximum Gasteiger partial charge on any atom is 0.271 e. The van der Waals surface area contributed by atoms with E-state index in [9.17, 15) is 4.79 Å². The third kappa shape index (κ3) is 4.62. The Hall–Kier alpha value is -2.38. The van der Waals surface area contributed by atoms with Gasteiger partial charge in [-0.2, -0.15) is 0 Å². The first-order chi connectivity index (χ1) is 12.5. The third-order valence-corrected chi connectivity index (χ3v) is 4.61. The van der Waals surface area contributed by atoms with Gasteiger partial charge in [0.05, 0.1) is 18.3 Å². The van der Waals surface area contributed by atoms with Gasteiger partial charge in [0.15, 0.2) is 5.69 Å². The lowest BCUT2D eigenvalue weighted by Gasteiger charge is -2.27. The van der Waals surface area contributed by atoms with Gasteiger partial charge in [0.25, 0.3) is 5.91 Å². The van der Waals surface area contributed by atoms with Crippen LogP contribution in [0.25, 0.3) is 0 Å². The fourth-order valence-corrected chi connectivity index (χ4v) is 3.21. The van der Waals surface area contributed by atoms with Crippen LogP contribution >= 0.6 is 11.6 Å². The van der Waals surface area contributed by atoms with Crippen LogP contribution in [0.5, 0.6) is 5.75 Å². The number of benzene rings is 1. The number of rotatable bonds is 5. The lowest BCUT2D eigenvalue weighted by atomic mass is 9.91. The van der Waals surface area contributed by atoms with Gasteiger partial charge in [-0.15, -0.1) is 0 Å². The van der Waals surface area contributed by atoms with Crippen molar-refractivity contribution in [1.82, 2.24) is 15.3 Å². The smallest absolute Gasteiger partial charge is 0.271 e. The summed E-state index contributed by atoms with van der Waals surface area (Å²) < 4.78 is 5.19. The molecule has 0 bridgehead atoms. The van der Waals surface area contributed by atoms with Crippen molar-refractivity contribution in [3.05, 3.63) is 41.2 Å². The average Bonchev–Trinajstić information content (AvgIpc) is 2.63. The topological polar surface area (TPSA) is 102 Å². The molecule has 1 fully saturated rings. The van der Waals surface area contributed by atoms with Crippen LogP contribution in [0.4, 0.5) is 11.6 Å². The van der Waals surface area contributed by atoms with E-state index < -0.39 is 0 Å². The highest BCUT2D eigenvalue weighted by atomic mass is 35.5. The molecule has 1 aliphatic rings. The molecule has 4 N–H and O–H groups in total. The van der Waals surface area contributed by atoms with E-state index in [1.165, 1.54) is 6.20 Å². The monoisotopic (exact) mass is 375 g/mol. The Labute approximate surface area is 157 Å². The zero-order valence-electron chi connectivity index (χ0n) is 14.5. The second-order valence-electron chi connectivity index (χ2n) is 6.34. The molecule has 2 atom stereocenters. The molecular formula is C18H22ClN5O2. The van der Waals surface area contributed by atoms with Gasteiger partial charge >= 0.3 is 0 Å². The zero-order valence-corrected chi connectivity index (χ0v) is 15.3. The molecular weight excluding hydrogens is 354 g/mol. The van der Waals surface area contributed by atoms with Crippen LogP contribution < -0.4 is 21.1 Å². The maximum absolute atomic E-state index is 12.6. The fraction of sp³-hybridized carbons (Fsp3) is 0.389. The van der Waals surface area contributed by atoms with Gasteiger partial charge < -0.3 is 21.1 Å². The van der Waals surface area contributed by atoms with Gasteiger partial charge in [0.2, 0.25) is 5.95 Å². The van der Waals surface area contributed by atoms with Crippen molar-refractivity contribution in [2.75, 3.05) is 12.4 Å². The standard InChI is InChI=1S/C18H22ClN5O2/c1-26-14-7-3-6-13(9-14)23-18-21-10-15(19)16(24-18)17(25)22-12-5-2-4-11(20)8-12/h3,6-7,9-12H,2,4-5,8,20H2,1H3,(H,22,25)(H,21,23,24). The molecule has 2 aromatic rings. The number of amides is 1. The molecule has 1 aromatic carbocycles. The van der Waals surface area contributed by atoms with Crippen molar-refractivity contribution in [3.8, 4) is 5.75 Å². The minimum Gasteiger partial charge on any atom is -0.497 e. The second-order valence-corrected chi connectivity index (χ2v) is 6.75. The summed E-state index contributed by atoms with van der Waals surface area (Å²) in [5, 5.41) is 6.23. The summed E-state index contributed by atoms with van der Waals surface area (Å²) in [7, 11) is 1.59. The van der Waals surface area contributed by atoms with Crippen LogP contribution in [0.1, 0.15) is 36.2 Å². The molecule has 1 saturated carbocycles. The number of nitrogens with two attached hydrogens (primary N) is 1. The summed E-state index contributed by atoms with van der Waals surface area (Å²) >= 11 is 6.13. The number of methoxy groups -OCH3 is 1. The number of nitrogens with zero attached hydrogens (tertiary/aromatic N) is 2. The number of carbonyl (C=O) groups is 1. The van der Waals surface area contributed by atoms with Gasteiger partial charge in [-0.1, -0.05) is 17.7 Å². The quantitative estimate of drug-likeness (QED) is 0.742. The van der Waals surface area contributed by atoms with Crippen molar-refractivity contribution in [3.63, 3.8) is 0 Å². The first-order valence-electron chi connectivity index (χ1n) is 8.55. The number of aromatic nitrogens is 2. The summed E-state index contributed by atoms with van der Waals surface area (Å²) in [5.41, 5.74) is 6.87. The molecule has 8 heteroatoms. The van der Waals surface area contributed by atoms with Crippen molar-refractivity contribution >= 4 is 29.1 Å². The van der Waals surface area contributed by atoms with E-state index in [1.54, 1.807) is 13.2 Å². The molecule has 26 heavy (non-hydrogen) atoms. The van der Waals surface area contributed by atoms with Crippen molar-refractivity contribution in [2.45, 2.75) is 37.8 Å². The van der Waals surface area contributed by atoms with E-state index in [1.807, 2.05) is 18.2 Å². The summed E-state index contributed by atoms with van der Waals surface area (Å²) in [6.45, 7) is 0. The molecule has 1 aliphatic carbocycles. The molecule has 3 rings (SSSR count). The number of anilines is 2. The molecule has 2 unspecified atom stereocenters. The van der Waals surface area contributed by atoms with Crippen LogP contribution in [-0.4, -0.2) is 35.1 Å². The number of hydrogen-bond acceptors (Lipinski definition) is 6. The normalized spacial score (nSPS) is 19.7. The van der Waals surface area contributed by atoms with Gasteiger partial charge in [0.1, 0.15) is 5.75 Å². The van der Waals surface area contributed by atoms with E-state index in [0.29, 0.717) is 5.75 Å². The molecule has 0 saturated heterocycles. The first-order valence-corrected chi connectivity index (χ1v) is 8.93. The number of carbonyl (C=O) groups excluding carboxylic acids is 1. The number of ether oxygens (including phenoxy) is 1. The zero-order chi connectivity index (χ0) is 18.5. The maximum atomic E-state index is 12.6. The van der Waals surface area contributed by atoms with Crippen LogP contribution in [0.15, 0.2) is 30.5 Å². The van der Waals surface area contributed by atoms with Gasteiger partial charge in [-0.25, -0.2) is 9.97 Å². The van der Waals surface area contributed by atoms with E-state index in [0.717, 1.165) is 31.4 Å². The minimum absolute atomic E-state index is 0.0482. The van der Waals surface area contributed by atoms with Crippen LogP contribution in [0.3, 0.4) is 0 Å². The molecule has 7 nitrogen and oxygen atoms in total. The lowest BCUT2D eigenvalue weighted by Crippen LogP contribution is -2.42. The Morgan fingerprint density at radius 1 is 1.38 bits per heavy atom. The van der Waals surface area contributed by atoms with Gasteiger partial charge in [-0.05, 0) is 37.8 Å².